The van der Waals surface area contributed by atoms with Crippen molar-refractivity contribution in [2.75, 3.05) is 27.2 Å². The molecule has 0 bridgehead atoms. The number of amides is 2. The van der Waals surface area contributed by atoms with Gasteiger partial charge in [-0.1, -0.05) is 12.1 Å². The first-order chi connectivity index (χ1) is 13.0. The van der Waals surface area contributed by atoms with E-state index in [0.717, 1.165) is 5.56 Å². The molecule has 0 aromatic heterocycles. The van der Waals surface area contributed by atoms with E-state index in [1.165, 1.54) is 17.0 Å². The van der Waals surface area contributed by atoms with Crippen LogP contribution in [-0.2, 0) is 16.1 Å². The van der Waals surface area contributed by atoms with Crippen molar-refractivity contribution in [3.63, 3.8) is 0 Å². The Morgan fingerprint density at radius 2 is 1.66 bits per heavy atom. The molecule has 0 heterocycles. The molecule has 0 unspecified atom stereocenters. The highest BCUT2D eigenvalue weighted by Crippen LogP contribution is 2.12. The lowest BCUT2D eigenvalue weighted by Gasteiger charge is -2.21. The molecule has 2 amide bonds. The fourth-order valence-corrected chi connectivity index (χ4v) is 2.01. The zero-order chi connectivity index (χ0) is 21.3. The molecule has 3 N–H and O–H groups in total. The van der Waals surface area contributed by atoms with Crippen LogP contribution in [0.2, 0.25) is 0 Å². The van der Waals surface area contributed by atoms with Gasteiger partial charge >= 0.3 is 0 Å². The topological polar surface area (TPSA) is 129 Å². The summed E-state index contributed by atoms with van der Waals surface area (Å²) >= 11 is 0. The molecule has 1 aromatic rings. The molecule has 0 saturated heterocycles. The van der Waals surface area contributed by atoms with Gasteiger partial charge in [0, 0.05) is 31.8 Å². The van der Waals surface area contributed by atoms with Crippen molar-refractivity contribution in [1.29, 1.82) is 0 Å². The Morgan fingerprint density at radius 1 is 1.10 bits per heavy atom. The van der Waals surface area contributed by atoms with Crippen LogP contribution in [0.25, 0.3) is 0 Å². The molecule has 1 aromatic carbocycles. The number of halogens is 1. The third-order valence-corrected chi connectivity index (χ3v) is 3.40. The van der Waals surface area contributed by atoms with Gasteiger partial charge in [0.05, 0.1) is 24.6 Å². The predicted octanol–water partition coefficient (Wildman–Crippen LogP) is 1.25. The largest absolute Gasteiger partial charge is 0.350 e. The molecular weight excluding hydrogens is 491 g/mol. The van der Waals surface area contributed by atoms with Crippen molar-refractivity contribution < 1.29 is 14.5 Å². The Kier molecular flexibility index (Phi) is 11.2. The molecule has 11 heteroatoms. The smallest absolute Gasteiger partial charge is 0.269 e. The van der Waals surface area contributed by atoms with Crippen molar-refractivity contribution >= 4 is 47.4 Å². The maximum absolute atomic E-state index is 12.0. The molecule has 0 radical (unpaired) electrons. The predicted molar refractivity (Wildman–Crippen MR) is 122 cm³/mol. The van der Waals surface area contributed by atoms with E-state index in [2.05, 4.69) is 20.9 Å². The number of likely N-dealkylation sites (N-methyl/N-ethyl adjacent to an activating group) is 1. The first kappa shape index (κ1) is 26.6. The number of rotatable bonds is 7. The van der Waals surface area contributed by atoms with E-state index in [1.807, 2.05) is 20.8 Å². The van der Waals surface area contributed by atoms with Crippen molar-refractivity contribution in [1.82, 2.24) is 20.9 Å². The van der Waals surface area contributed by atoms with Crippen LogP contribution < -0.4 is 16.0 Å². The molecule has 0 spiro atoms. The minimum atomic E-state index is -0.470. The number of aliphatic imine (C=N–C) groups is 1. The number of carbonyl (C=O) groups is 2. The van der Waals surface area contributed by atoms with E-state index in [4.69, 9.17) is 0 Å². The average molecular weight is 520 g/mol. The van der Waals surface area contributed by atoms with Gasteiger partial charge in [-0.2, -0.15) is 0 Å². The minimum Gasteiger partial charge on any atom is -0.350 e. The van der Waals surface area contributed by atoms with Gasteiger partial charge in [0.25, 0.3) is 5.69 Å². The first-order valence-electron chi connectivity index (χ1n) is 8.74. The molecule has 162 valence electrons. The highest BCUT2D eigenvalue weighted by Gasteiger charge is 2.14. The molecule has 29 heavy (non-hydrogen) atoms. The number of non-ortho nitro benzene ring substituents is 1. The highest BCUT2D eigenvalue weighted by atomic mass is 127. The van der Waals surface area contributed by atoms with Gasteiger partial charge in [-0.15, -0.1) is 24.0 Å². The van der Waals surface area contributed by atoms with Crippen LogP contribution in [-0.4, -0.2) is 60.3 Å². The van der Waals surface area contributed by atoms with Crippen LogP contribution in [0, 0.1) is 10.1 Å². The monoisotopic (exact) mass is 520 g/mol. The second-order valence-corrected chi connectivity index (χ2v) is 7.38. The summed E-state index contributed by atoms with van der Waals surface area (Å²) in [5, 5.41) is 19.3. The summed E-state index contributed by atoms with van der Waals surface area (Å²) in [5.41, 5.74) is 0.396. The molecule has 0 fully saturated rings. The molecule has 0 saturated carbocycles. The van der Waals surface area contributed by atoms with Crippen molar-refractivity contribution in [2.45, 2.75) is 32.9 Å². The lowest BCUT2D eigenvalue weighted by atomic mass is 10.1. The number of nitro groups is 1. The molecule has 0 aliphatic heterocycles. The van der Waals surface area contributed by atoms with E-state index in [-0.39, 0.29) is 72.6 Å². The van der Waals surface area contributed by atoms with Crippen LogP contribution in [0.15, 0.2) is 29.3 Å². The summed E-state index contributed by atoms with van der Waals surface area (Å²) in [6.45, 7) is 5.86. The van der Waals surface area contributed by atoms with Gasteiger partial charge in [-0.3, -0.25) is 19.7 Å². The number of nitro benzene ring substituents is 1. The minimum absolute atomic E-state index is 0. The number of guanidine groups is 1. The van der Waals surface area contributed by atoms with E-state index < -0.39 is 4.92 Å². The highest BCUT2D eigenvalue weighted by molar-refractivity contribution is 14.0. The third kappa shape index (κ3) is 11.2. The Labute approximate surface area is 187 Å². The lowest BCUT2D eigenvalue weighted by Crippen LogP contribution is -2.49. The molecule has 0 aliphatic rings. The van der Waals surface area contributed by atoms with Gasteiger partial charge in [-0.25, -0.2) is 4.99 Å². The van der Waals surface area contributed by atoms with Gasteiger partial charge < -0.3 is 20.9 Å². The summed E-state index contributed by atoms with van der Waals surface area (Å²) < 4.78 is 0. The van der Waals surface area contributed by atoms with Crippen LogP contribution in [0.1, 0.15) is 26.3 Å². The number of benzene rings is 1. The Bertz CT molecular complexity index is 729. The van der Waals surface area contributed by atoms with Crippen molar-refractivity contribution in [3.8, 4) is 0 Å². The molecular formula is C18H29IN6O4. The van der Waals surface area contributed by atoms with Crippen LogP contribution in [0.3, 0.4) is 0 Å². The zero-order valence-electron chi connectivity index (χ0n) is 17.3. The number of hydrogen-bond donors (Lipinski definition) is 3. The van der Waals surface area contributed by atoms with Gasteiger partial charge in [0.15, 0.2) is 5.96 Å². The number of carbonyl (C=O) groups excluding carboxylic acids is 2. The molecule has 0 aliphatic carbocycles. The number of nitrogens with zero attached hydrogens (tertiary/aromatic N) is 3. The Hall–Kier alpha value is -2.44. The number of hydrogen-bond acceptors (Lipinski definition) is 5. The zero-order valence-corrected chi connectivity index (χ0v) is 19.6. The van der Waals surface area contributed by atoms with Crippen molar-refractivity contribution in [3.05, 3.63) is 39.9 Å². The van der Waals surface area contributed by atoms with Gasteiger partial charge in [0.2, 0.25) is 11.8 Å². The molecule has 0 atom stereocenters. The van der Waals surface area contributed by atoms with Crippen LogP contribution in [0.4, 0.5) is 5.69 Å². The average Bonchev–Trinajstić information content (AvgIpc) is 2.59. The quantitative estimate of drug-likeness (QED) is 0.163. The van der Waals surface area contributed by atoms with E-state index in [0.29, 0.717) is 0 Å². The van der Waals surface area contributed by atoms with E-state index in [9.17, 15) is 19.7 Å². The van der Waals surface area contributed by atoms with E-state index in [1.54, 1.807) is 26.2 Å². The summed E-state index contributed by atoms with van der Waals surface area (Å²) in [4.78, 5) is 39.8. The second kappa shape index (κ2) is 12.2. The maximum atomic E-state index is 12.0. The fraction of sp³-hybridized carbons (Fsp3) is 0.500. The van der Waals surface area contributed by atoms with E-state index >= 15 is 0 Å². The first-order valence-corrected chi connectivity index (χ1v) is 8.74. The maximum Gasteiger partial charge on any atom is 0.269 e. The second-order valence-electron chi connectivity index (χ2n) is 7.38. The fourth-order valence-electron chi connectivity index (χ4n) is 2.01. The normalized spacial score (nSPS) is 11.1. The number of nitrogens with one attached hydrogen (secondary N) is 3. The lowest BCUT2D eigenvalue weighted by molar-refractivity contribution is -0.384. The van der Waals surface area contributed by atoms with Gasteiger partial charge in [-0.05, 0) is 26.3 Å². The Morgan fingerprint density at radius 3 is 2.14 bits per heavy atom. The summed E-state index contributed by atoms with van der Waals surface area (Å²) in [5.74, 6) is -0.0714. The Balaban J connectivity index is 0.00000784. The summed E-state index contributed by atoms with van der Waals surface area (Å²) in [7, 11) is 3.28. The van der Waals surface area contributed by atoms with Crippen LogP contribution >= 0.6 is 24.0 Å². The SMILES string of the molecule is CN(C)C(=O)CNC(=NCc1ccc([N+](=O)[O-])cc1)NCC(=O)NC(C)(C)C.I. The third-order valence-electron chi connectivity index (χ3n) is 3.40. The van der Waals surface area contributed by atoms with Crippen molar-refractivity contribution in [2.24, 2.45) is 4.99 Å². The molecule has 1 rings (SSSR count). The van der Waals surface area contributed by atoms with Gasteiger partial charge in [0.1, 0.15) is 0 Å². The molecule has 10 nitrogen and oxygen atoms in total. The standard InChI is InChI=1S/C18H28N6O4.HI/c1-18(2,3)22-15(25)11-20-17(21-12-16(26)23(4)5)19-10-13-6-8-14(9-7-13)24(27)28;/h6-9H,10-12H2,1-5H3,(H,22,25)(H2,19,20,21);1H. The summed E-state index contributed by atoms with van der Waals surface area (Å²) in [6.07, 6.45) is 0. The summed E-state index contributed by atoms with van der Waals surface area (Å²) in [6, 6.07) is 6.02. The van der Waals surface area contributed by atoms with Crippen LogP contribution in [0.5, 0.6) is 0 Å².